The van der Waals surface area contributed by atoms with Crippen LogP contribution in [-0.4, -0.2) is 18.4 Å². The minimum Gasteiger partial charge on any atom is -0.392 e. The summed E-state index contributed by atoms with van der Waals surface area (Å²) in [5.41, 5.74) is 0.947. The fourth-order valence-corrected chi connectivity index (χ4v) is 2.97. The third-order valence-electron chi connectivity index (χ3n) is 3.05. The molecule has 8 heteroatoms. The molecule has 0 saturated heterocycles. The number of aliphatic hydroxyl groups excluding tert-OH is 1. The number of nitrogens with zero attached hydrogens (tertiary/aromatic N) is 1. The van der Waals surface area contributed by atoms with Crippen LogP contribution >= 0.6 is 0 Å². The molecule has 22 heavy (non-hydrogen) atoms. The molecule has 0 aromatic heterocycles. The van der Waals surface area contributed by atoms with Crippen molar-refractivity contribution in [3.05, 3.63) is 63.7 Å². The largest absolute Gasteiger partial charge is 0.392 e. The molecule has 116 valence electrons. The first-order valence-corrected chi connectivity index (χ1v) is 7.79. The van der Waals surface area contributed by atoms with Gasteiger partial charge in [0.05, 0.1) is 16.4 Å². The van der Waals surface area contributed by atoms with Crippen LogP contribution in [0.1, 0.15) is 11.1 Å². The summed E-state index contributed by atoms with van der Waals surface area (Å²) in [5, 5.41) is 20.0. The molecule has 0 atom stereocenters. The zero-order valence-electron chi connectivity index (χ0n) is 11.7. The van der Waals surface area contributed by atoms with E-state index >= 15 is 0 Å². The molecule has 7 nitrogen and oxygen atoms in total. The van der Waals surface area contributed by atoms with E-state index in [2.05, 4.69) is 4.72 Å². The van der Waals surface area contributed by atoms with E-state index in [0.717, 1.165) is 6.07 Å². The molecule has 0 saturated carbocycles. The topological polar surface area (TPSA) is 110 Å². The Labute approximate surface area is 127 Å². The SMILES string of the molecule is Cc1ccc(S(=O)(=O)Nc2cccc(CO)c2)cc1[N+](=O)[O-]. The first kappa shape index (κ1) is 15.9. The smallest absolute Gasteiger partial charge is 0.273 e. The minimum absolute atomic E-state index is 0.195. The van der Waals surface area contributed by atoms with Crippen LogP contribution in [0, 0.1) is 17.0 Å². The first-order chi connectivity index (χ1) is 10.3. The Balaban J connectivity index is 2.38. The number of sulfonamides is 1. The van der Waals surface area contributed by atoms with Gasteiger partial charge in [0.2, 0.25) is 0 Å². The van der Waals surface area contributed by atoms with E-state index in [1.54, 1.807) is 12.1 Å². The number of hydrogen-bond acceptors (Lipinski definition) is 5. The van der Waals surface area contributed by atoms with Crippen molar-refractivity contribution < 1.29 is 18.4 Å². The Morgan fingerprint density at radius 2 is 1.95 bits per heavy atom. The van der Waals surface area contributed by atoms with Crippen LogP contribution in [0.15, 0.2) is 47.4 Å². The van der Waals surface area contributed by atoms with Crippen LogP contribution in [0.3, 0.4) is 0 Å². The normalized spacial score (nSPS) is 11.2. The quantitative estimate of drug-likeness (QED) is 0.648. The zero-order valence-corrected chi connectivity index (χ0v) is 12.5. The lowest BCUT2D eigenvalue weighted by molar-refractivity contribution is -0.385. The lowest BCUT2D eigenvalue weighted by atomic mass is 10.2. The number of rotatable bonds is 5. The molecule has 0 fully saturated rings. The Bertz CT molecular complexity index is 818. The molecule has 0 aliphatic carbocycles. The zero-order chi connectivity index (χ0) is 16.3. The maximum absolute atomic E-state index is 12.3. The number of nitro benzene ring substituents is 1. The number of hydrogen-bond donors (Lipinski definition) is 2. The number of aryl methyl sites for hydroxylation is 1. The molecular weight excluding hydrogens is 308 g/mol. The van der Waals surface area contributed by atoms with Crippen molar-refractivity contribution in [3.63, 3.8) is 0 Å². The third kappa shape index (κ3) is 3.41. The summed E-state index contributed by atoms with van der Waals surface area (Å²) in [6, 6.07) is 9.97. The van der Waals surface area contributed by atoms with Crippen molar-refractivity contribution in [2.75, 3.05) is 4.72 Å². The highest BCUT2D eigenvalue weighted by Gasteiger charge is 2.19. The van der Waals surface area contributed by atoms with Crippen LogP contribution in [0.25, 0.3) is 0 Å². The number of benzene rings is 2. The standard InChI is InChI=1S/C14H14N2O5S/c1-10-5-6-13(8-14(10)16(18)19)22(20,21)15-12-4-2-3-11(7-12)9-17/h2-8,15,17H,9H2,1H3. The van der Waals surface area contributed by atoms with Gasteiger partial charge in [-0.2, -0.15) is 0 Å². The molecule has 0 radical (unpaired) electrons. The summed E-state index contributed by atoms with van der Waals surface area (Å²) in [6.07, 6.45) is 0. The van der Waals surface area contributed by atoms with Crippen molar-refractivity contribution in [3.8, 4) is 0 Å². The molecule has 2 N–H and O–H groups in total. The van der Waals surface area contributed by atoms with Gasteiger partial charge in [0, 0.05) is 17.3 Å². The highest BCUT2D eigenvalue weighted by molar-refractivity contribution is 7.92. The van der Waals surface area contributed by atoms with Crippen molar-refractivity contribution in [1.29, 1.82) is 0 Å². The maximum atomic E-state index is 12.3. The summed E-state index contributed by atoms with van der Waals surface area (Å²) in [7, 11) is -3.95. The highest BCUT2D eigenvalue weighted by atomic mass is 32.2. The number of nitro groups is 1. The van der Waals surface area contributed by atoms with Crippen molar-refractivity contribution >= 4 is 21.4 Å². The van der Waals surface area contributed by atoms with E-state index in [1.807, 2.05) is 0 Å². The van der Waals surface area contributed by atoms with Gasteiger partial charge in [-0.1, -0.05) is 18.2 Å². The molecule has 0 aliphatic heterocycles. The Morgan fingerprint density at radius 3 is 2.59 bits per heavy atom. The summed E-state index contributed by atoms with van der Waals surface area (Å²) < 4.78 is 26.9. The van der Waals surface area contributed by atoms with Crippen LogP contribution < -0.4 is 4.72 Å². The van der Waals surface area contributed by atoms with Gasteiger partial charge in [-0.15, -0.1) is 0 Å². The van der Waals surface area contributed by atoms with Gasteiger partial charge in [-0.05, 0) is 30.7 Å². The first-order valence-electron chi connectivity index (χ1n) is 6.31. The minimum atomic E-state index is -3.95. The second-order valence-electron chi connectivity index (χ2n) is 4.67. The predicted octanol–water partition coefficient (Wildman–Crippen LogP) is 2.20. The average Bonchev–Trinajstić information content (AvgIpc) is 2.46. The molecule has 2 aromatic rings. The van der Waals surface area contributed by atoms with E-state index < -0.39 is 14.9 Å². The maximum Gasteiger partial charge on any atom is 0.273 e. The molecule has 0 unspecified atom stereocenters. The molecule has 2 rings (SSSR count). The highest BCUT2D eigenvalue weighted by Crippen LogP contribution is 2.24. The van der Waals surface area contributed by atoms with E-state index in [1.165, 1.54) is 31.2 Å². The summed E-state index contributed by atoms with van der Waals surface area (Å²) >= 11 is 0. The second-order valence-corrected chi connectivity index (χ2v) is 6.35. The lowest BCUT2D eigenvalue weighted by Crippen LogP contribution is -2.13. The Hall–Kier alpha value is -2.45. The Morgan fingerprint density at radius 1 is 1.23 bits per heavy atom. The van der Waals surface area contributed by atoms with Crippen LogP contribution in [0.2, 0.25) is 0 Å². The molecular formula is C14H14N2O5S. The predicted molar refractivity (Wildman–Crippen MR) is 81.0 cm³/mol. The molecule has 0 amide bonds. The molecule has 0 heterocycles. The molecule has 0 aliphatic rings. The van der Waals surface area contributed by atoms with Crippen LogP contribution in [0.5, 0.6) is 0 Å². The lowest BCUT2D eigenvalue weighted by Gasteiger charge is -2.09. The van der Waals surface area contributed by atoms with Gasteiger partial charge in [0.25, 0.3) is 15.7 Å². The average molecular weight is 322 g/mol. The fraction of sp³-hybridized carbons (Fsp3) is 0.143. The number of anilines is 1. The van der Waals surface area contributed by atoms with E-state index in [0.29, 0.717) is 11.1 Å². The molecule has 0 spiro atoms. The van der Waals surface area contributed by atoms with Gasteiger partial charge in [0.1, 0.15) is 0 Å². The summed E-state index contributed by atoms with van der Waals surface area (Å²) in [5.74, 6) is 0. The summed E-state index contributed by atoms with van der Waals surface area (Å²) in [4.78, 5) is 10.1. The van der Waals surface area contributed by atoms with E-state index in [-0.39, 0.29) is 22.9 Å². The van der Waals surface area contributed by atoms with E-state index in [9.17, 15) is 18.5 Å². The van der Waals surface area contributed by atoms with Gasteiger partial charge < -0.3 is 5.11 Å². The third-order valence-corrected chi connectivity index (χ3v) is 4.43. The van der Waals surface area contributed by atoms with E-state index in [4.69, 9.17) is 5.11 Å². The second kappa shape index (κ2) is 6.12. The van der Waals surface area contributed by atoms with Gasteiger partial charge in [-0.25, -0.2) is 8.42 Å². The Kier molecular flexibility index (Phi) is 4.43. The van der Waals surface area contributed by atoms with Gasteiger partial charge >= 0.3 is 0 Å². The fourth-order valence-electron chi connectivity index (χ4n) is 1.90. The molecule has 0 bridgehead atoms. The van der Waals surface area contributed by atoms with Crippen LogP contribution in [-0.2, 0) is 16.6 Å². The number of nitrogens with one attached hydrogen (secondary N) is 1. The van der Waals surface area contributed by atoms with Gasteiger partial charge in [0.15, 0.2) is 0 Å². The van der Waals surface area contributed by atoms with Crippen molar-refractivity contribution in [2.24, 2.45) is 0 Å². The van der Waals surface area contributed by atoms with Crippen molar-refractivity contribution in [1.82, 2.24) is 0 Å². The van der Waals surface area contributed by atoms with Crippen LogP contribution in [0.4, 0.5) is 11.4 Å². The van der Waals surface area contributed by atoms with Crippen molar-refractivity contribution in [2.45, 2.75) is 18.4 Å². The molecule has 2 aromatic carbocycles. The summed E-state index contributed by atoms with van der Waals surface area (Å²) in [6.45, 7) is 1.32. The monoisotopic (exact) mass is 322 g/mol. The number of aliphatic hydroxyl groups is 1. The van der Waals surface area contributed by atoms with Gasteiger partial charge in [-0.3, -0.25) is 14.8 Å².